The van der Waals surface area contributed by atoms with E-state index < -0.39 is 0 Å². The predicted molar refractivity (Wildman–Crippen MR) is 65.6 cm³/mol. The summed E-state index contributed by atoms with van der Waals surface area (Å²) in [5.74, 6) is 2.70. The van der Waals surface area contributed by atoms with E-state index in [4.69, 9.17) is 0 Å². The molecule has 0 aliphatic heterocycles. The van der Waals surface area contributed by atoms with Crippen molar-refractivity contribution in [1.29, 1.82) is 0 Å². The van der Waals surface area contributed by atoms with Gasteiger partial charge in [0.05, 0.1) is 0 Å². The van der Waals surface area contributed by atoms with Crippen LogP contribution in [0.1, 0.15) is 53.4 Å². The minimum absolute atomic E-state index is 0.892. The smallest absolute Gasteiger partial charge is 0.00492 e. The highest BCUT2D eigenvalue weighted by molar-refractivity contribution is 4.68. The van der Waals surface area contributed by atoms with Crippen molar-refractivity contribution in [1.82, 2.24) is 5.32 Å². The average Bonchev–Trinajstić information content (AvgIpc) is 2.18. The summed E-state index contributed by atoms with van der Waals surface area (Å²) in [7, 11) is 2.05. The van der Waals surface area contributed by atoms with E-state index in [0.29, 0.717) is 0 Å². The number of rotatable bonds is 8. The van der Waals surface area contributed by atoms with E-state index in [-0.39, 0.29) is 0 Å². The van der Waals surface area contributed by atoms with Crippen molar-refractivity contribution in [3.63, 3.8) is 0 Å². The van der Waals surface area contributed by atoms with E-state index in [1.807, 2.05) is 7.05 Å². The summed E-state index contributed by atoms with van der Waals surface area (Å²) in [6.45, 7) is 10.6. The van der Waals surface area contributed by atoms with Crippen LogP contribution in [-0.2, 0) is 0 Å². The fraction of sp³-hybridized carbons (Fsp3) is 1.00. The minimum atomic E-state index is 0.892. The third-order valence-electron chi connectivity index (χ3n) is 3.57. The summed E-state index contributed by atoms with van der Waals surface area (Å²) in [6, 6.07) is 0. The normalized spacial score (nSPS) is 17.8. The first-order valence-corrected chi connectivity index (χ1v) is 6.30. The molecule has 0 aromatic heterocycles. The Balaban J connectivity index is 3.83. The molecule has 0 rings (SSSR count). The molecule has 3 unspecified atom stereocenters. The maximum Gasteiger partial charge on any atom is -0.00492 e. The molecule has 0 spiro atoms. The van der Waals surface area contributed by atoms with Crippen molar-refractivity contribution in [3.05, 3.63) is 0 Å². The van der Waals surface area contributed by atoms with E-state index in [1.54, 1.807) is 0 Å². The quantitative estimate of drug-likeness (QED) is 0.628. The van der Waals surface area contributed by atoms with Crippen molar-refractivity contribution >= 4 is 0 Å². The molecule has 0 heterocycles. The van der Waals surface area contributed by atoms with Crippen LogP contribution in [0.2, 0.25) is 0 Å². The van der Waals surface area contributed by atoms with Crippen molar-refractivity contribution in [2.45, 2.75) is 53.4 Å². The molecule has 0 aromatic rings. The summed E-state index contributed by atoms with van der Waals surface area (Å²) >= 11 is 0. The van der Waals surface area contributed by atoms with E-state index >= 15 is 0 Å². The van der Waals surface area contributed by atoms with Crippen LogP contribution in [0.5, 0.6) is 0 Å². The second-order valence-electron chi connectivity index (χ2n) is 4.79. The van der Waals surface area contributed by atoms with Crippen LogP contribution in [0.15, 0.2) is 0 Å². The lowest BCUT2D eigenvalue weighted by molar-refractivity contribution is 0.269. The van der Waals surface area contributed by atoms with Gasteiger partial charge in [-0.05, 0) is 44.2 Å². The zero-order chi connectivity index (χ0) is 11.0. The molecule has 0 amide bonds. The summed E-state index contributed by atoms with van der Waals surface area (Å²) in [6.07, 6.45) is 5.40. The first kappa shape index (κ1) is 14.0. The van der Waals surface area contributed by atoms with Crippen LogP contribution >= 0.6 is 0 Å². The Hall–Kier alpha value is -0.0400. The standard InChI is InChI=1S/C13H29N/c1-6-11(3)10-12(4)13(7-2)8-9-14-5/h11-14H,6-10H2,1-5H3. The van der Waals surface area contributed by atoms with Crippen molar-refractivity contribution in [2.75, 3.05) is 13.6 Å². The van der Waals surface area contributed by atoms with E-state index in [9.17, 15) is 0 Å². The monoisotopic (exact) mass is 199 g/mol. The fourth-order valence-corrected chi connectivity index (χ4v) is 2.21. The van der Waals surface area contributed by atoms with Crippen LogP contribution in [0, 0.1) is 17.8 Å². The Morgan fingerprint density at radius 3 is 2.14 bits per heavy atom. The average molecular weight is 199 g/mol. The molecule has 3 atom stereocenters. The molecule has 0 bridgehead atoms. The fourth-order valence-electron chi connectivity index (χ4n) is 2.21. The Bertz CT molecular complexity index is 122. The maximum absolute atomic E-state index is 3.25. The third-order valence-corrected chi connectivity index (χ3v) is 3.57. The van der Waals surface area contributed by atoms with Gasteiger partial charge in [-0.25, -0.2) is 0 Å². The molecule has 86 valence electrons. The summed E-state index contributed by atoms with van der Waals surface area (Å²) in [5, 5.41) is 3.25. The molecule has 0 fully saturated rings. The molecule has 1 heteroatoms. The molecule has 0 aromatic carbocycles. The van der Waals surface area contributed by atoms with Crippen LogP contribution in [0.25, 0.3) is 0 Å². The highest BCUT2D eigenvalue weighted by atomic mass is 14.8. The van der Waals surface area contributed by atoms with E-state index in [0.717, 1.165) is 17.8 Å². The highest BCUT2D eigenvalue weighted by Gasteiger charge is 2.16. The Morgan fingerprint density at radius 1 is 1.07 bits per heavy atom. The lowest BCUT2D eigenvalue weighted by Gasteiger charge is -2.25. The molecular weight excluding hydrogens is 170 g/mol. The molecule has 0 saturated carbocycles. The van der Waals surface area contributed by atoms with Gasteiger partial charge in [0.1, 0.15) is 0 Å². The van der Waals surface area contributed by atoms with Gasteiger partial charge < -0.3 is 5.32 Å². The van der Waals surface area contributed by atoms with Crippen molar-refractivity contribution < 1.29 is 0 Å². The first-order chi connectivity index (χ1) is 6.65. The molecule has 0 aliphatic rings. The van der Waals surface area contributed by atoms with Gasteiger partial charge in [-0.2, -0.15) is 0 Å². The minimum Gasteiger partial charge on any atom is -0.320 e. The largest absolute Gasteiger partial charge is 0.320 e. The van der Waals surface area contributed by atoms with Crippen molar-refractivity contribution in [2.24, 2.45) is 17.8 Å². The Labute approximate surface area is 90.7 Å². The molecule has 14 heavy (non-hydrogen) atoms. The number of nitrogens with one attached hydrogen (secondary N) is 1. The summed E-state index contributed by atoms with van der Waals surface area (Å²) < 4.78 is 0. The van der Waals surface area contributed by atoms with Gasteiger partial charge in [-0.3, -0.25) is 0 Å². The van der Waals surface area contributed by atoms with Gasteiger partial charge >= 0.3 is 0 Å². The van der Waals surface area contributed by atoms with Gasteiger partial charge in [-0.1, -0.05) is 40.5 Å². The van der Waals surface area contributed by atoms with Crippen LogP contribution in [0.3, 0.4) is 0 Å². The van der Waals surface area contributed by atoms with Crippen LogP contribution in [-0.4, -0.2) is 13.6 Å². The van der Waals surface area contributed by atoms with Gasteiger partial charge in [0.25, 0.3) is 0 Å². The molecule has 1 N–H and O–H groups in total. The van der Waals surface area contributed by atoms with Gasteiger partial charge in [0.15, 0.2) is 0 Å². The zero-order valence-corrected chi connectivity index (χ0v) is 10.8. The summed E-state index contributed by atoms with van der Waals surface area (Å²) in [5.41, 5.74) is 0. The number of hydrogen-bond acceptors (Lipinski definition) is 1. The van der Waals surface area contributed by atoms with Gasteiger partial charge in [0.2, 0.25) is 0 Å². The maximum atomic E-state index is 3.25. The molecule has 0 saturated heterocycles. The second kappa shape index (κ2) is 8.28. The van der Waals surface area contributed by atoms with Crippen molar-refractivity contribution in [3.8, 4) is 0 Å². The third kappa shape index (κ3) is 5.64. The lowest BCUT2D eigenvalue weighted by Crippen LogP contribution is -2.19. The zero-order valence-electron chi connectivity index (χ0n) is 10.8. The molecule has 0 aliphatic carbocycles. The Morgan fingerprint density at radius 2 is 1.71 bits per heavy atom. The molecule has 0 radical (unpaired) electrons. The van der Waals surface area contributed by atoms with Crippen LogP contribution in [0.4, 0.5) is 0 Å². The topological polar surface area (TPSA) is 12.0 Å². The first-order valence-electron chi connectivity index (χ1n) is 6.30. The molecule has 1 nitrogen and oxygen atoms in total. The lowest BCUT2D eigenvalue weighted by atomic mass is 9.82. The van der Waals surface area contributed by atoms with Crippen LogP contribution < -0.4 is 5.32 Å². The van der Waals surface area contributed by atoms with Gasteiger partial charge in [-0.15, -0.1) is 0 Å². The highest BCUT2D eigenvalue weighted by Crippen LogP contribution is 2.26. The van der Waals surface area contributed by atoms with E-state index in [2.05, 4.69) is 33.0 Å². The predicted octanol–water partition coefficient (Wildman–Crippen LogP) is 3.69. The van der Waals surface area contributed by atoms with Gasteiger partial charge in [0, 0.05) is 0 Å². The summed E-state index contributed by atoms with van der Waals surface area (Å²) in [4.78, 5) is 0. The SMILES string of the molecule is CCC(C)CC(C)C(CC)CCNC. The Kier molecular flexibility index (Phi) is 8.26. The van der Waals surface area contributed by atoms with E-state index in [1.165, 1.54) is 32.2 Å². The second-order valence-corrected chi connectivity index (χ2v) is 4.79. The molecular formula is C13H29N. The number of hydrogen-bond donors (Lipinski definition) is 1.